The molecular formula is C17H28N2O. The highest BCUT2D eigenvalue weighted by molar-refractivity contribution is 5.09. The van der Waals surface area contributed by atoms with Crippen LogP contribution >= 0.6 is 0 Å². The summed E-state index contributed by atoms with van der Waals surface area (Å²) < 4.78 is 0. The minimum atomic E-state index is -0.167. The van der Waals surface area contributed by atoms with Gasteiger partial charge in [-0.2, -0.15) is 0 Å². The third kappa shape index (κ3) is 4.03. The Bertz CT molecular complexity index is 405. The van der Waals surface area contributed by atoms with E-state index in [0.29, 0.717) is 5.92 Å². The Balaban J connectivity index is 1.80. The van der Waals surface area contributed by atoms with Gasteiger partial charge in [0.15, 0.2) is 0 Å². The first-order chi connectivity index (χ1) is 9.49. The van der Waals surface area contributed by atoms with Crippen LogP contribution in [-0.2, 0) is 6.42 Å². The van der Waals surface area contributed by atoms with E-state index in [-0.39, 0.29) is 11.5 Å². The summed E-state index contributed by atoms with van der Waals surface area (Å²) in [4.78, 5) is 6.40. The first-order valence-corrected chi connectivity index (χ1v) is 7.74. The average Bonchev–Trinajstić information content (AvgIpc) is 2.43. The van der Waals surface area contributed by atoms with Gasteiger partial charge in [-0.15, -0.1) is 0 Å². The van der Waals surface area contributed by atoms with Gasteiger partial charge in [-0.3, -0.25) is 4.98 Å². The number of hydrogen-bond donors (Lipinski definition) is 1. The number of rotatable bonds is 5. The normalized spacial score (nSPS) is 25.9. The van der Waals surface area contributed by atoms with Gasteiger partial charge in [0.1, 0.15) is 0 Å². The van der Waals surface area contributed by atoms with Crippen molar-refractivity contribution in [2.75, 3.05) is 20.1 Å². The molecule has 2 unspecified atom stereocenters. The van der Waals surface area contributed by atoms with Crippen LogP contribution in [0.2, 0.25) is 0 Å². The predicted octanol–water partition coefficient (Wildman–Crippen LogP) is 2.74. The van der Waals surface area contributed by atoms with Crippen LogP contribution < -0.4 is 0 Å². The molecule has 3 nitrogen and oxygen atoms in total. The standard InChI is InChI=1S/C17H28N2O/c1-17(2)9-4-5-15(16(17)20)13-19(3)12-8-14-6-10-18-11-7-14/h6-7,10-11,15-16,20H,4-5,8-9,12-13H2,1-3H3. The van der Waals surface area contributed by atoms with Gasteiger partial charge in [0, 0.05) is 25.5 Å². The van der Waals surface area contributed by atoms with Gasteiger partial charge in [0.25, 0.3) is 0 Å². The molecule has 0 aliphatic heterocycles. The fourth-order valence-electron chi connectivity index (χ4n) is 3.32. The van der Waals surface area contributed by atoms with Crippen LogP contribution in [0.5, 0.6) is 0 Å². The maximum Gasteiger partial charge on any atom is 0.0631 e. The van der Waals surface area contributed by atoms with Crippen molar-refractivity contribution < 1.29 is 5.11 Å². The smallest absolute Gasteiger partial charge is 0.0631 e. The topological polar surface area (TPSA) is 36.4 Å². The molecular weight excluding hydrogens is 248 g/mol. The third-order valence-corrected chi connectivity index (χ3v) is 4.72. The summed E-state index contributed by atoms with van der Waals surface area (Å²) >= 11 is 0. The minimum Gasteiger partial charge on any atom is -0.392 e. The molecule has 0 bridgehead atoms. The highest BCUT2D eigenvalue weighted by atomic mass is 16.3. The summed E-state index contributed by atoms with van der Waals surface area (Å²) in [6.07, 6.45) is 8.12. The van der Waals surface area contributed by atoms with Gasteiger partial charge < -0.3 is 10.0 Å². The fourth-order valence-corrected chi connectivity index (χ4v) is 3.32. The number of aromatic nitrogens is 1. The number of aliphatic hydroxyl groups is 1. The quantitative estimate of drug-likeness (QED) is 0.898. The molecule has 0 spiro atoms. The molecule has 20 heavy (non-hydrogen) atoms. The molecule has 1 aromatic heterocycles. The SMILES string of the molecule is CN(CCc1ccncc1)CC1CCCC(C)(C)C1O. The Morgan fingerprint density at radius 3 is 2.75 bits per heavy atom. The maximum absolute atomic E-state index is 10.5. The van der Waals surface area contributed by atoms with Crippen molar-refractivity contribution in [1.29, 1.82) is 0 Å². The third-order valence-electron chi connectivity index (χ3n) is 4.72. The highest BCUT2D eigenvalue weighted by Gasteiger charge is 2.37. The summed E-state index contributed by atoms with van der Waals surface area (Å²) in [6.45, 7) is 6.42. The lowest BCUT2D eigenvalue weighted by Crippen LogP contribution is -2.44. The molecule has 0 amide bonds. The summed E-state index contributed by atoms with van der Waals surface area (Å²) in [5, 5.41) is 10.5. The molecule has 1 heterocycles. The van der Waals surface area contributed by atoms with E-state index in [4.69, 9.17) is 0 Å². The van der Waals surface area contributed by atoms with E-state index in [0.717, 1.165) is 32.4 Å². The van der Waals surface area contributed by atoms with Crippen molar-refractivity contribution in [2.45, 2.75) is 45.6 Å². The zero-order valence-electron chi connectivity index (χ0n) is 13.0. The van der Waals surface area contributed by atoms with E-state index in [9.17, 15) is 5.11 Å². The number of aliphatic hydroxyl groups excluding tert-OH is 1. The summed E-state index contributed by atoms with van der Waals surface area (Å²) in [6, 6.07) is 4.15. The van der Waals surface area contributed by atoms with E-state index >= 15 is 0 Å². The molecule has 0 saturated heterocycles. The van der Waals surface area contributed by atoms with E-state index in [2.05, 4.69) is 42.9 Å². The first kappa shape index (κ1) is 15.5. The van der Waals surface area contributed by atoms with Crippen molar-refractivity contribution in [2.24, 2.45) is 11.3 Å². The zero-order chi connectivity index (χ0) is 14.6. The second kappa shape index (κ2) is 6.68. The molecule has 2 atom stereocenters. The molecule has 1 saturated carbocycles. The van der Waals surface area contributed by atoms with Gasteiger partial charge >= 0.3 is 0 Å². The van der Waals surface area contributed by atoms with Crippen molar-refractivity contribution in [1.82, 2.24) is 9.88 Å². The molecule has 2 rings (SSSR count). The van der Waals surface area contributed by atoms with E-state index in [1.807, 2.05) is 12.4 Å². The van der Waals surface area contributed by atoms with Crippen molar-refractivity contribution in [3.8, 4) is 0 Å². The van der Waals surface area contributed by atoms with E-state index in [1.165, 1.54) is 12.0 Å². The molecule has 1 N–H and O–H groups in total. The first-order valence-electron chi connectivity index (χ1n) is 7.74. The second-order valence-corrected chi connectivity index (χ2v) is 6.95. The number of likely N-dealkylation sites (N-methyl/N-ethyl adjacent to an activating group) is 1. The number of hydrogen-bond acceptors (Lipinski definition) is 3. The predicted molar refractivity (Wildman–Crippen MR) is 82.6 cm³/mol. The number of pyridine rings is 1. The summed E-state index contributed by atoms with van der Waals surface area (Å²) in [7, 11) is 2.16. The Morgan fingerprint density at radius 2 is 2.05 bits per heavy atom. The lowest BCUT2D eigenvalue weighted by atomic mass is 9.69. The van der Waals surface area contributed by atoms with Crippen LogP contribution in [0.15, 0.2) is 24.5 Å². The lowest BCUT2D eigenvalue weighted by molar-refractivity contribution is -0.0407. The molecule has 0 aromatic carbocycles. The molecule has 112 valence electrons. The van der Waals surface area contributed by atoms with Crippen molar-refractivity contribution in [3.63, 3.8) is 0 Å². The van der Waals surface area contributed by atoms with Crippen LogP contribution in [0.25, 0.3) is 0 Å². The maximum atomic E-state index is 10.5. The van der Waals surface area contributed by atoms with Crippen LogP contribution in [0.4, 0.5) is 0 Å². The van der Waals surface area contributed by atoms with Crippen molar-refractivity contribution >= 4 is 0 Å². The average molecular weight is 276 g/mol. The Hall–Kier alpha value is -0.930. The lowest BCUT2D eigenvalue weighted by Gasteiger charge is -2.42. The molecule has 1 aromatic rings. The highest BCUT2D eigenvalue weighted by Crippen LogP contribution is 2.39. The van der Waals surface area contributed by atoms with Crippen LogP contribution in [0.3, 0.4) is 0 Å². The fraction of sp³-hybridized carbons (Fsp3) is 0.706. The Labute approximate surface area is 123 Å². The molecule has 3 heteroatoms. The van der Waals surface area contributed by atoms with Crippen LogP contribution in [-0.4, -0.2) is 41.2 Å². The van der Waals surface area contributed by atoms with Gasteiger partial charge in [-0.25, -0.2) is 0 Å². The monoisotopic (exact) mass is 276 g/mol. The van der Waals surface area contributed by atoms with Crippen molar-refractivity contribution in [3.05, 3.63) is 30.1 Å². The largest absolute Gasteiger partial charge is 0.392 e. The van der Waals surface area contributed by atoms with Gasteiger partial charge in [-0.1, -0.05) is 20.3 Å². The summed E-state index contributed by atoms with van der Waals surface area (Å²) in [5.74, 6) is 0.418. The van der Waals surface area contributed by atoms with Crippen LogP contribution in [0.1, 0.15) is 38.7 Å². The number of nitrogens with zero attached hydrogens (tertiary/aromatic N) is 2. The van der Waals surface area contributed by atoms with E-state index < -0.39 is 0 Å². The van der Waals surface area contributed by atoms with Gasteiger partial charge in [0.2, 0.25) is 0 Å². The molecule has 0 radical (unpaired) electrons. The van der Waals surface area contributed by atoms with Gasteiger partial charge in [-0.05, 0) is 55.3 Å². The minimum absolute atomic E-state index is 0.0782. The van der Waals surface area contributed by atoms with E-state index in [1.54, 1.807) is 0 Å². The Morgan fingerprint density at radius 1 is 1.35 bits per heavy atom. The summed E-state index contributed by atoms with van der Waals surface area (Å²) in [5.41, 5.74) is 1.41. The molecule has 1 aliphatic rings. The molecule has 1 fully saturated rings. The molecule has 1 aliphatic carbocycles. The second-order valence-electron chi connectivity index (χ2n) is 6.95. The van der Waals surface area contributed by atoms with Crippen LogP contribution in [0, 0.1) is 11.3 Å². The Kier molecular flexibility index (Phi) is 5.17. The zero-order valence-corrected chi connectivity index (χ0v) is 13.0. The van der Waals surface area contributed by atoms with Gasteiger partial charge in [0.05, 0.1) is 6.10 Å².